The summed E-state index contributed by atoms with van der Waals surface area (Å²) in [5.74, 6) is -9.65. The number of aliphatic hydroxyl groups is 2. The minimum atomic E-state index is -1.77. The maximum atomic E-state index is 14.4. The van der Waals surface area contributed by atoms with Gasteiger partial charge in [0.25, 0.3) is 0 Å². The van der Waals surface area contributed by atoms with E-state index in [1.54, 1.807) is 18.2 Å². The number of azide groups is 1. The number of primary amides is 1. The molecule has 414 valence electrons. The summed E-state index contributed by atoms with van der Waals surface area (Å²) in [4.78, 5) is 97.1. The minimum Gasteiger partial charge on any atom is -0.494 e. The average molecular weight is 1070 g/mol. The summed E-state index contributed by atoms with van der Waals surface area (Å²) in [5.41, 5.74) is 25.5. The van der Waals surface area contributed by atoms with Crippen molar-refractivity contribution < 1.29 is 58.0 Å². The van der Waals surface area contributed by atoms with Crippen molar-refractivity contribution in [3.05, 3.63) is 135 Å². The Bertz CT molecular complexity index is 2730. The van der Waals surface area contributed by atoms with Crippen LogP contribution in [0.2, 0.25) is 0 Å². The Morgan fingerprint density at radius 2 is 1.45 bits per heavy atom. The molecule has 4 aromatic carbocycles. The molecule has 20 heteroatoms. The lowest BCUT2D eigenvalue weighted by Crippen LogP contribution is -2.59. The van der Waals surface area contributed by atoms with Crippen molar-refractivity contribution in [1.82, 2.24) is 16.0 Å². The standard InChI is InChI=1S/C57H73FN8O11/c1-6-39-28-44(77-23-10-9-22-62-66-61)20-21-45(39)40-18-16-37(17-19-40)27-42(54(74)63-47(53(59)73)15-11-12-38-25-34(2)24-35(3)26-38)29-49(69)48(31-51(71)72)64-55(75)43(33-67)30-50(70)52(36(4)68)65-56(76)57(5,60)32-41-13-7-8-14-46(41)58/h7-8,13-14,16-21,24-26,28,36,42-43,47-48,52,67-68H,6,9-12,15,22-23,27,29-33,60H2,1-5H3,(H2,59,73)(H,63,74)(H,64,75)(H,65,76)(H,71,72)/t36-,42-,43+,47+,48+,52+,57+/m1/s1. The smallest absolute Gasteiger partial charge is 0.305 e. The molecule has 0 radical (unpaired) electrons. The number of carbonyl (C=O) groups excluding carboxylic acids is 6. The number of ether oxygens (including phenoxy) is 1. The molecule has 0 bridgehead atoms. The fraction of sp³-hybridized carbons (Fsp3) is 0.456. The molecule has 0 aromatic heterocycles. The molecule has 4 amide bonds. The minimum absolute atomic E-state index is 0.0743. The molecule has 0 spiro atoms. The van der Waals surface area contributed by atoms with Crippen molar-refractivity contribution in [3.63, 3.8) is 0 Å². The number of aliphatic hydroxyl groups excluding tert-OH is 2. The van der Waals surface area contributed by atoms with Gasteiger partial charge in [0, 0.05) is 36.6 Å². The van der Waals surface area contributed by atoms with Gasteiger partial charge in [-0.05, 0) is 130 Å². The molecular weight excluding hydrogens is 992 g/mol. The number of hydrogen-bond acceptors (Lipinski definition) is 12. The maximum absolute atomic E-state index is 14.4. The third kappa shape index (κ3) is 19.9. The van der Waals surface area contributed by atoms with Gasteiger partial charge < -0.3 is 47.5 Å². The lowest BCUT2D eigenvalue weighted by molar-refractivity contribution is -0.141. The molecule has 10 N–H and O–H groups in total. The number of carboxylic acid groups (broad SMARTS) is 1. The molecule has 0 aliphatic carbocycles. The van der Waals surface area contributed by atoms with Gasteiger partial charge in [-0.3, -0.25) is 33.6 Å². The SMILES string of the molecule is CCc1cc(OCCCCN=[N+]=[N-])ccc1-c1ccc(C[C@H](CC(=O)[C@H](CC(=O)O)NC(=O)[C@H](CO)CC(=O)[C@@H](NC(=O)[C@@](C)(N)Cc2ccccc2F)[C@@H](C)O)C(=O)N[C@@H](CCCc2cc(C)cc(C)c2)C(N)=O)cc1. The number of aryl methyl sites for hydroxylation is 4. The van der Waals surface area contributed by atoms with E-state index in [1.807, 2.05) is 69.3 Å². The Balaban J connectivity index is 1.56. The van der Waals surface area contributed by atoms with Crippen LogP contribution in [0.25, 0.3) is 21.6 Å². The van der Waals surface area contributed by atoms with E-state index in [0.717, 1.165) is 33.4 Å². The van der Waals surface area contributed by atoms with Gasteiger partial charge in [0.2, 0.25) is 23.6 Å². The summed E-state index contributed by atoms with van der Waals surface area (Å²) < 4.78 is 20.4. The number of amides is 4. The molecule has 0 fully saturated rings. The van der Waals surface area contributed by atoms with Crippen LogP contribution in [0.4, 0.5) is 4.39 Å². The van der Waals surface area contributed by atoms with Crippen LogP contribution >= 0.6 is 0 Å². The second kappa shape index (κ2) is 30.3. The number of hydrogen-bond donors (Lipinski definition) is 8. The lowest BCUT2D eigenvalue weighted by Gasteiger charge is -2.29. The van der Waals surface area contributed by atoms with Gasteiger partial charge in [0.1, 0.15) is 23.7 Å². The van der Waals surface area contributed by atoms with E-state index >= 15 is 0 Å². The number of nitrogens with zero attached hydrogens (tertiary/aromatic N) is 3. The molecule has 0 saturated heterocycles. The lowest BCUT2D eigenvalue weighted by atomic mass is 9.88. The van der Waals surface area contributed by atoms with Crippen LogP contribution in [0.5, 0.6) is 5.75 Å². The van der Waals surface area contributed by atoms with Crippen LogP contribution in [0.1, 0.15) is 99.1 Å². The number of ketones is 2. The van der Waals surface area contributed by atoms with Gasteiger partial charge in [-0.1, -0.05) is 89.9 Å². The number of aliphatic carboxylic acids is 1. The second-order valence-electron chi connectivity index (χ2n) is 19.9. The summed E-state index contributed by atoms with van der Waals surface area (Å²) in [7, 11) is 0. The fourth-order valence-electron chi connectivity index (χ4n) is 9.01. The van der Waals surface area contributed by atoms with Crippen LogP contribution in [-0.4, -0.2) is 106 Å². The molecule has 7 atom stereocenters. The highest BCUT2D eigenvalue weighted by Gasteiger charge is 2.37. The van der Waals surface area contributed by atoms with Gasteiger partial charge in [-0.25, -0.2) is 4.39 Å². The molecule has 0 heterocycles. The van der Waals surface area contributed by atoms with Crippen molar-refractivity contribution >= 4 is 41.2 Å². The Labute approximate surface area is 448 Å². The summed E-state index contributed by atoms with van der Waals surface area (Å²) in [5, 5.41) is 41.8. The Hall–Kier alpha value is -7.51. The molecule has 0 aliphatic heterocycles. The zero-order valence-electron chi connectivity index (χ0n) is 44.4. The molecule has 4 aromatic rings. The quantitative estimate of drug-likeness (QED) is 0.0125. The molecule has 4 rings (SSSR count). The highest BCUT2D eigenvalue weighted by atomic mass is 19.1. The first kappa shape index (κ1) is 62.0. The summed E-state index contributed by atoms with van der Waals surface area (Å²) in [6, 6.07) is 20.2. The van der Waals surface area contributed by atoms with Crippen molar-refractivity contribution in [2.45, 2.75) is 135 Å². The van der Waals surface area contributed by atoms with Gasteiger partial charge in [-0.2, -0.15) is 0 Å². The number of benzene rings is 4. The van der Waals surface area contributed by atoms with Gasteiger partial charge in [-0.15, -0.1) is 0 Å². The van der Waals surface area contributed by atoms with Crippen molar-refractivity contribution in [1.29, 1.82) is 0 Å². The zero-order chi connectivity index (χ0) is 56.8. The molecule has 19 nitrogen and oxygen atoms in total. The molecule has 77 heavy (non-hydrogen) atoms. The maximum Gasteiger partial charge on any atom is 0.305 e. The Morgan fingerprint density at radius 1 is 0.805 bits per heavy atom. The predicted molar refractivity (Wildman–Crippen MR) is 287 cm³/mol. The van der Waals surface area contributed by atoms with Crippen LogP contribution in [0.3, 0.4) is 0 Å². The molecule has 0 saturated carbocycles. The third-order valence-electron chi connectivity index (χ3n) is 13.2. The number of rotatable bonds is 33. The number of nitrogens with one attached hydrogen (secondary N) is 3. The summed E-state index contributed by atoms with van der Waals surface area (Å²) >= 11 is 0. The van der Waals surface area contributed by atoms with Crippen LogP contribution in [0.15, 0.2) is 90.0 Å². The van der Waals surface area contributed by atoms with Crippen molar-refractivity contribution in [2.24, 2.45) is 28.4 Å². The van der Waals surface area contributed by atoms with E-state index in [-0.39, 0.29) is 24.8 Å². The first-order chi connectivity index (χ1) is 36.5. The number of unbranched alkanes of at least 4 members (excludes halogenated alkanes) is 1. The molecular formula is C57H73FN8O11. The average Bonchev–Trinajstić information content (AvgIpc) is 3.37. The van der Waals surface area contributed by atoms with E-state index in [1.165, 1.54) is 32.0 Å². The van der Waals surface area contributed by atoms with E-state index < -0.39 is 114 Å². The number of carbonyl (C=O) groups is 7. The van der Waals surface area contributed by atoms with Crippen molar-refractivity contribution in [2.75, 3.05) is 19.8 Å². The normalized spacial score (nSPS) is 14.2. The van der Waals surface area contributed by atoms with E-state index in [4.69, 9.17) is 21.7 Å². The molecule has 0 unspecified atom stereocenters. The Kier molecular flexibility index (Phi) is 24.4. The van der Waals surface area contributed by atoms with Crippen LogP contribution in [0, 0.1) is 31.5 Å². The first-order valence-corrected chi connectivity index (χ1v) is 25.8. The van der Waals surface area contributed by atoms with Crippen LogP contribution in [-0.2, 0) is 59.2 Å². The Morgan fingerprint density at radius 3 is 2.06 bits per heavy atom. The predicted octanol–water partition coefficient (Wildman–Crippen LogP) is 5.61. The van der Waals surface area contributed by atoms with Gasteiger partial charge in [0.15, 0.2) is 11.6 Å². The zero-order valence-corrected chi connectivity index (χ0v) is 44.4. The van der Waals surface area contributed by atoms with E-state index in [0.29, 0.717) is 56.6 Å². The van der Waals surface area contributed by atoms with E-state index in [9.17, 15) is 53.3 Å². The topological polar surface area (TPSA) is 326 Å². The molecule has 0 aliphatic rings. The highest BCUT2D eigenvalue weighted by molar-refractivity contribution is 5.98. The highest BCUT2D eigenvalue weighted by Crippen LogP contribution is 2.30. The van der Waals surface area contributed by atoms with Gasteiger partial charge >= 0.3 is 5.97 Å². The third-order valence-corrected chi connectivity index (χ3v) is 13.2. The first-order valence-electron chi connectivity index (χ1n) is 25.8. The van der Waals surface area contributed by atoms with Crippen LogP contribution < -0.4 is 32.2 Å². The monoisotopic (exact) mass is 1060 g/mol. The number of nitrogens with two attached hydrogens (primary N) is 2. The summed E-state index contributed by atoms with van der Waals surface area (Å²) in [6.07, 6.45) is -0.957. The second-order valence-corrected chi connectivity index (χ2v) is 19.9. The van der Waals surface area contributed by atoms with E-state index in [2.05, 4.69) is 26.0 Å². The number of Topliss-reactive ketones (excluding diaryl/α,β-unsaturated/α-hetero) is 2. The number of carboxylic acids is 1. The fourth-order valence-corrected chi connectivity index (χ4v) is 9.01. The largest absolute Gasteiger partial charge is 0.494 e. The summed E-state index contributed by atoms with van der Waals surface area (Å²) in [6.45, 7) is 8.31. The number of halogens is 1. The van der Waals surface area contributed by atoms with Crippen molar-refractivity contribution in [3.8, 4) is 16.9 Å². The van der Waals surface area contributed by atoms with Gasteiger partial charge in [0.05, 0.1) is 43.2 Å².